The fourth-order valence-corrected chi connectivity index (χ4v) is 4.40. The highest BCUT2D eigenvalue weighted by atomic mass is 32.2. The normalized spacial score (nSPS) is 13.7. The zero-order valence-corrected chi connectivity index (χ0v) is 18.5. The lowest BCUT2D eigenvalue weighted by molar-refractivity contribution is -0.129. The zero-order valence-electron chi connectivity index (χ0n) is 17.7. The lowest BCUT2D eigenvalue weighted by atomic mass is 10.0. The van der Waals surface area contributed by atoms with Gasteiger partial charge in [0.2, 0.25) is 5.91 Å². The summed E-state index contributed by atoms with van der Waals surface area (Å²) in [6.07, 6.45) is 7.28. The molecule has 1 aliphatic rings. The molecule has 3 aromatic rings. The SMILES string of the molecule is CC(C)CCc1nc(-c2cccnc2)n2c1CN(C(=O)CSc1nncn1C)CC2. The second kappa shape index (κ2) is 8.99. The molecule has 4 rings (SSSR count). The van der Waals surface area contributed by atoms with Gasteiger partial charge in [-0.1, -0.05) is 25.6 Å². The van der Waals surface area contributed by atoms with Crippen LogP contribution in [0.25, 0.3) is 11.4 Å². The molecule has 9 heteroatoms. The van der Waals surface area contributed by atoms with E-state index in [2.05, 4.69) is 33.6 Å². The highest BCUT2D eigenvalue weighted by Crippen LogP contribution is 2.28. The van der Waals surface area contributed by atoms with E-state index in [-0.39, 0.29) is 5.91 Å². The first-order chi connectivity index (χ1) is 14.5. The Hall–Kier alpha value is -2.68. The van der Waals surface area contributed by atoms with Crippen molar-refractivity contribution in [1.29, 1.82) is 0 Å². The number of pyridine rings is 1. The minimum atomic E-state index is 0.119. The summed E-state index contributed by atoms with van der Waals surface area (Å²) >= 11 is 1.42. The maximum atomic E-state index is 12.9. The number of rotatable bonds is 7. The summed E-state index contributed by atoms with van der Waals surface area (Å²) in [6, 6.07) is 3.98. The van der Waals surface area contributed by atoms with E-state index in [0.29, 0.717) is 24.8 Å². The predicted molar refractivity (Wildman–Crippen MR) is 116 cm³/mol. The van der Waals surface area contributed by atoms with Gasteiger partial charge in [-0.25, -0.2) is 4.98 Å². The van der Waals surface area contributed by atoms with Crippen molar-refractivity contribution in [1.82, 2.24) is 34.2 Å². The van der Waals surface area contributed by atoms with Gasteiger partial charge in [-0.2, -0.15) is 0 Å². The molecule has 0 atom stereocenters. The molecule has 3 aromatic heterocycles. The van der Waals surface area contributed by atoms with Crippen molar-refractivity contribution in [2.45, 2.75) is 44.9 Å². The van der Waals surface area contributed by atoms with Gasteiger partial charge >= 0.3 is 0 Å². The van der Waals surface area contributed by atoms with Crippen LogP contribution in [-0.4, -0.2) is 52.4 Å². The van der Waals surface area contributed by atoms with Crippen LogP contribution < -0.4 is 0 Å². The summed E-state index contributed by atoms with van der Waals surface area (Å²) in [5.41, 5.74) is 3.27. The van der Waals surface area contributed by atoms with Crippen molar-refractivity contribution in [2.24, 2.45) is 13.0 Å². The van der Waals surface area contributed by atoms with E-state index in [1.165, 1.54) is 11.8 Å². The minimum Gasteiger partial charge on any atom is -0.334 e. The number of aromatic nitrogens is 6. The van der Waals surface area contributed by atoms with Crippen molar-refractivity contribution < 1.29 is 4.79 Å². The number of fused-ring (bicyclic) bond motifs is 1. The van der Waals surface area contributed by atoms with Crippen molar-refractivity contribution in [3.8, 4) is 11.4 Å². The third-order valence-electron chi connectivity index (χ3n) is 5.32. The van der Waals surface area contributed by atoms with Crippen molar-refractivity contribution in [2.75, 3.05) is 12.3 Å². The van der Waals surface area contributed by atoms with Crippen LogP contribution in [-0.2, 0) is 31.4 Å². The molecule has 0 bridgehead atoms. The number of nitrogens with zero attached hydrogens (tertiary/aromatic N) is 7. The Morgan fingerprint density at radius 1 is 1.30 bits per heavy atom. The number of amides is 1. The van der Waals surface area contributed by atoms with Gasteiger partial charge in [-0.3, -0.25) is 9.78 Å². The van der Waals surface area contributed by atoms with E-state index >= 15 is 0 Å². The van der Waals surface area contributed by atoms with Gasteiger partial charge in [0.25, 0.3) is 0 Å². The van der Waals surface area contributed by atoms with Gasteiger partial charge in [-0.15, -0.1) is 10.2 Å². The van der Waals surface area contributed by atoms with E-state index in [1.54, 1.807) is 12.5 Å². The number of hydrogen-bond donors (Lipinski definition) is 0. The summed E-state index contributed by atoms with van der Waals surface area (Å²) in [5, 5.41) is 8.67. The number of carbonyl (C=O) groups is 1. The zero-order chi connectivity index (χ0) is 21.1. The molecule has 0 aliphatic carbocycles. The van der Waals surface area contributed by atoms with Crippen LogP contribution in [0.4, 0.5) is 0 Å². The van der Waals surface area contributed by atoms with Gasteiger partial charge in [0.1, 0.15) is 12.2 Å². The molecular weight excluding hydrogens is 398 g/mol. The Kier molecular flexibility index (Phi) is 6.17. The van der Waals surface area contributed by atoms with Crippen LogP contribution in [0.15, 0.2) is 36.0 Å². The molecule has 0 unspecified atom stereocenters. The lowest BCUT2D eigenvalue weighted by Gasteiger charge is -2.29. The third-order valence-corrected chi connectivity index (χ3v) is 6.33. The van der Waals surface area contributed by atoms with Gasteiger partial charge in [-0.05, 0) is 30.9 Å². The van der Waals surface area contributed by atoms with Crippen LogP contribution in [0.2, 0.25) is 0 Å². The molecule has 1 amide bonds. The standard InChI is InChI=1S/C21H27N7OS/c1-15(2)6-7-17-18-12-27(19(29)13-30-21-25-23-14-26(21)3)9-10-28(18)20(24-17)16-5-4-8-22-11-16/h4-5,8,11,14-15H,6-7,9-10,12-13H2,1-3H3. The lowest BCUT2D eigenvalue weighted by Crippen LogP contribution is -2.39. The smallest absolute Gasteiger partial charge is 0.233 e. The number of thioether (sulfide) groups is 1. The van der Waals surface area contributed by atoms with Gasteiger partial charge < -0.3 is 14.0 Å². The van der Waals surface area contributed by atoms with Crippen LogP contribution in [0.5, 0.6) is 0 Å². The molecule has 0 saturated carbocycles. The van der Waals surface area contributed by atoms with Gasteiger partial charge in [0.15, 0.2) is 5.16 Å². The second-order valence-electron chi connectivity index (χ2n) is 7.98. The quantitative estimate of drug-likeness (QED) is 0.542. The third kappa shape index (κ3) is 4.40. The number of carbonyl (C=O) groups excluding carboxylic acids is 1. The van der Waals surface area contributed by atoms with Crippen molar-refractivity contribution in [3.05, 3.63) is 42.2 Å². The Morgan fingerprint density at radius 3 is 2.87 bits per heavy atom. The Morgan fingerprint density at radius 2 is 2.17 bits per heavy atom. The summed E-state index contributed by atoms with van der Waals surface area (Å²) in [5.74, 6) is 2.04. The van der Waals surface area contributed by atoms with Gasteiger partial charge in [0, 0.05) is 38.1 Å². The van der Waals surface area contributed by atoms with E-state index in [9.17, 15) is 4.79 Å². The van der Waals surface area contributed by atoms with Crippen molar-refractivity contribution in [3.63, 3.8) is 0 Å². The fourth-order valence-electron chi connectivity index (χ4n) is 3.61. The van der Waals surface area contributed by atoms with Crippen LogP contribution in [0.3, 0.4) is 0 Å². The first-order valence-corrected chi connectivity index (χ1v) is 11.2. The molecule has 1 aliphatic heterocycles. The number of imidazole rings is 1. The molecule has 8 nitrogen and oxygen atoms in total. The van der Waals surface area contributed by atoms with Crippen LogP contribution >= 0.6 is 11.8 Å². The second-order valence-corrected chi connectivity index (χ2v) is 8.93. The Labute approximate surface area is 180 Å². The monoisotopic (exact) mass is 425 g/mol. The average molecular weight is 426 g/mol. The van der Waals surface area contributed by atoms with Crippen LogP contribution in [0, 0.1) is 5.92 Å². The molecule has 4 heterocycles. The maximum Gasteiger partial charge on any atom is 0.233 e. The molecule has 0 N–H and O–H groups in total. The summed E-state index contributed by atoms with van der Waals surface area (Å²) in [6.45, 7) is 6.47. The molecule has 0 aromatic carbocycles. The highest BCUT2D eigenvalue weighted by molar-refractivity contribution is 7.99. The van der Waals surface area contributed by atoms with E-state index in [0.717, 1.165) is 47.3 Å². The molecule has 0 spiro atoms. The van der Waals surface area contributed by atoms with Gasteiger partial charge in [0.05, 0.1) is 23.7 Å². The Bertz CT molecular complexity index is 1010. The topological polar surface area (TPSA) is 81.7 Å². The molecular formula is C21H27N7OS. The molecule has 158 valence electrons. The Balaban J connectivity index is 1.54. The summed E-state index contributed by atoms with van der Waals surface area (Å²) in [7, 11) is 1.88. The minimum absolute atomic E-state index is 0.119. The first-order valence-electron chi connectivity index (χ1n) is 10.3. The largest absolute Gasteiger partial charge is 0.334 e. The van der Waals surface area contributed by atoms with Crippen molar-refractivity contribution >= 4 is 17.7 Å². The molecule has 30 heavy (non-hydrogen) atoms. The molecule has 0 radical (unpaired) electrons. The molecule has 0 saturated heterocycles. The highest BCUT2D eigenvalue weighted by Gasteiger charge is 2.27. The number of aryl methyl sites for hydroxylation is 2. The van der Waals surface area contributed by atoms with E-state index < -0.39 is 0 Å². The summed E-state index contributed by atoms with van der Waals surface area (Å²) in [4.78, 5) is 24.1. The first kappa shape index (κ1) is 20.6. The predicted octanol–water partition coefficient (Wildman–Crippen LogP) is 2.80. The fraction of sp³-hybridized carbons (Fsp3) is 0.476. The van der Waals surface area contributed by atoms with Crippen LogP contribution in [0.1, 0.15) is 31.7 Å². The molecule has 0 fully saturated rings. The maximum absolute atomic E-state index is 12.9. The average Bonchev–Trinajstić information content (AvgIpc) is 3.33. The van der Waals surface area contributed by atoms with E-state index in [1.807, 2.05) is 34.8 Å². The van der Waals surface area contributed by atoms with E-state index in [4.69, 9.17) is 4.98 Å². The number of hydrogen-bond acceptors (Lipinski definition) is 6. The summed E-state index contributed by atoms with van der Waals surface area (Å²) < 4.78 is 4.10.